The Hall–Kier alpha value is -2.54. The summed E-state index contributed by atoms with van der Waals surface area (Å²) in [5.41, 5.74) is 1.77. The molecule has 1 aliphatic rings. The van der Waals surface area contributed by atoms with Gasteiger partial charge in [-0.2, -0.15) is 5.10 Å². The molecule has 142 valence electrons. The van der Waals surface area contributed by atoms with E-state index in [4.69, 9.17) is 9.97 Å². The van der Waals surface area contributed by atoms with Crippen molar-refractivity contribution in [2.24, 2.45) is 7.05 Å². The van der Waals surface area contributed by atoms with Gasteiger partial charge in [0.1, 0.15) is 5.82 Å². The van der Waals surface area contributed by atoms with Crippen molar-refractivity contribution in [2.75, 3.05) is 38.1 Å². The van der Waals surface area contributed by atoms with Gasteiger partial charge >= 0.3 is 0 Å². The predicted molar refractivity (Wildman–Crippen MR) is 108 cm³/mol. The Morgan fingerprint density at radius 3 is 2.63 bits per heavy atom. The third-order valence-corrected chi connectivity index (χ3v) is 5.30. The number of hydrogen-bond donors (Lipinski definition) is 0. The molecule has 1 saturated heterocycles. The third kappa shape index (κ3) is 3.93. The monoisotopic (exact) mass is 365 g/mol. The maximum absolute atomic E-state index is 4.87. The molecule has 0 radical (unpaired) electrons. The van der Waals surface area contributed by atoms with Gasteiger partial charge in [-0.1, -0.05) is 12.8 Å². The van der Waals surface area contributed by atoms with E-state index in [9.17, 15) is 0 Å². The molecule has 0 saturated carbocycles. The quantitative estimate of drug-likeness (QED) is 0.693. The van der Waals surface area contributed by atoms with Gasteiger partial charge in [-0.05, 0) is 38.1 Å². The van der Waals surface area contributed by atoms with Crippen LogP contribution in [0.4, 0.5) is 5.82 Å². The van der Waals surface area contributed by atoms with Crippen LogP contribution in [0.5, 0.6) is 0 Å². The summed E-state index contributed by atoms with van der Waals surface area (Å²) in [7, 11) is 4.03. The van der Waals surface area contributed by atoms with Crippen molar-refractivity contribution in [2.45, 2.75) is 25.7 Å². The molecule has 0 aromatic carbocycles. The molecule has 1 aliphatic heterocycles. The van der Waals surface area contributed by atoms with Crippen LogP contribution in [0.3, 0.4) is 0 Å². The van der Waals surface area contributed by atoms with Crippen LogP contribution in [-0.2, 0) is 7.05 Å². The van der Waals surface area contributed by atoms with Gasteiger partial charge < -0.3 is 9.80 Å². The zero-order chi connectivity index (χ0) is 18.6. The molecule has 7 nitrogen and oxygen atoms in total. The Balaban J connectivity index is 1.61. The summed E-state index contributed by atoms with van der Waals surface area (Å²) in [5.74, 6) is 1.62. The third-order valence-electron chi connectivity index (χ3n) is 5.30. The second kappa shape index (κ2) is 8.00. The lowest BCUT2D eigenvalue weighted by molar-refractivity contribution is 0.291. The van der Waals surface area contributed by atoms with Gasteiger partial charge in [0.25, 0.3) is 0 Å². The fraction of sp³-hybridized carbons (Fsp3) is 0.500. The number of nitrogens with zero attached hydrogens (tertiary/aromatic N) is 7. The van der Waals surface area contributed by atoms with E-state index in [2.05, 4.69) is 26.9 Å². The summed E-state index contributed by atoms with van der Waals surface area (Å²) in [6, 6.07) is 3.90. The molecule has 7 heteroatoms. The summed E-state index contributed by atoms with van der Waals surface area (Å²) in [4.78, 5) is 18.6. The van der Waals surface area contributed by atoms with Gasteiger partial charge in [-0.15, -0.1) is 0 Å². The van der Waals surface area contributed by atoms with E-state index in [0.717, 1.165) is 35.5 Å². The highest BCUT2D eigenvalue weighted by molar-refractivity contribution is 5.88. The number of fused-ring (bicyclic) bond motifs is 1. The molecule has 4 rings (SSSR count). The van der Waals surface area contributed by atoms with E-state index in [0.29, 0.717) is 5.82 Å². The molecule has 0 amide bonds. The van der Waals surface area contributed by atoms with Crippen molar-refractivity contribution in [3.05, 3.63) is 30.7 Å². The standard InChI is InChI=1S/C20H27N7/c1-25(12-13-27-10-5-3-4-6-11-27)19-17-15-22-26(2)20(17)24-18(23-19)16-8-7-9-21-14-16/h7-9,14-15H,3-6,10-13H2,1-2H3. The molecule has 1 fully saturated rings. The summed E-state index contributed by atoms with van der Waals surface area (Å²) < 4.78 is 1.81. The highest BCUT2D eigenvalue weighted by Crippen LogP contribution is 2.26. The average Bonchev–Trinajstić information content (AvgIpc) is 2.91. The van der Waals surface area contributed by atoms with Crippen molar-refractivity contribution < 1.29 is 0 Å². The minimum Gasteiger partial charge on any atom is -0.358 e. The highest BCUT2D eigenvalue weighted by atomic mass is 15.3. The van der Waals surface area contributed by atoms with Crippen LogP contribution in [0.1, 0.15) is 25.7 Å². The first kappa shape index (κ1) is 17.9. The highest BCUT2D eigenvalue weighted by Gasteiger charge is 2.17. The summed E-state index contributed by atoms with van der Waals surface area (Å²) in [6.45, 7) is 4.42. The zero-order valence-corrected chi connectivity index (χ0v) is 16.2. The lowest BCUT2D eigenvalue weighted by atomic mass is 10.2. The summed E-state index contributed by atoms with van der Waals surface area (Å²) in [6.07, 6.45) is 10.8. The summed E-state index contributed by atoms with van der Waals surface area (Å²) in [5, 5.41) is 5.39. The number of rotatable bonds is 5. The Labute approximate surface area is 160 Å². The molecule has 4 heterocycles. The van der Waals surface area contributed by atoms with Gasteiger partial charge in [-0.25, -0.2) is 9.97 Å². The van der Waals surface area contributed by atoms with E-state index in [-0.39, 0.29) is 0 Å². The molecular formula is C20H27N7. The second-order valence-corrected chi connectivity index (χ2v) is 7.30. The van der Waals surface area contributed by atoms with Crippen LogP contribution in [-0.4, -0.2) is 62.9 Å². The van der Waals surface area contributed by atoms with Crippen molar-refractivity contribution in [3.8, 4) is 11.4 Å². The first-order valence-corrected chi connectivity index (χ1v) is 9.76. The van der Waals surface area contributed by atoms with Gasteiger partial charge in [0.2, 0.25) is 0 Å². The molecule has 27 heavy (non-hydrogen) atoms. The molecule has 3 aromatic rings. The smallest absolute Gasteiger partial charge is 0.165 e. The van der Waals surface area contributed by atoms with E-state index in [1.165, 1.54) is 38.8 Å². The topological polar surface area (TPSA) is 63.0 Å². The number of aromatic nitrogens is 5. The first-order chi connectivity index (χ1) is 13.2. The SMILES string of the molecule is CN(CCN1CCCCCC1)c1nc(-c2cccnc2)nc2c1cnn2C. The number of pyridine rings is 1. The second-order valence-electron chi connectivity index (χ2n) is 7.30. The summed E-state index contributed by atoms with van der Waals surface area (Å²) >= 11 is 0. The van der Waals surface area contributed by atoms with E-state index in [1.807, 2.05) is 30.1 Å². The molecule has 0 bridgehead atoms. The molecule has 0 atom stereocenters. The number of aryl methyl sites for hydroxylation is 1. The van der Waals surface area contributed by atoms with Crippen molar-refractivity contribution in [1.82, 2.24) is 29.6 Å². The largest absolute Gasteiger partial charge is 0.358 e. The lowest BCUT2D eigenvalue weighted by Crippen LogP contribution is -2.34. The van der Waals surface area contributed by atoms with Crippen molar-refractivity contribution >= 4 is 16.9 Å². The van der Waals surface area contributed by atoms with Gasteiger partial charge in [0, 0.05) is 45.1 Å². The number of hydrogen-bond acceptors (Lipinski definition) is 6. The van der Waals surface area contributed by atoms with Crippen molar-refractivity contribution in [1.29, 1.82) is 0 Å². The number of likely N-dealkylation sites (N-methyl/N-ethyl adjacent to an activating group) is 1. The molecule has 3 aromatic heterocycles. The first-order valence-electron chi connectivity index (χ1n) is 9.76. The number of likely N-dealkylation sites (tertiary alicyclic amines) is 1. The molecule has 0 aliphatic carbocycles. The fourth-order valence-electron chi connectivity index (χ4n) is 3.68. The van der Waals surface area contributed by atoms with Crippen LogP contribution in [0.2, 0.25) is 0 Å². The average molecular weight is 365 g/mol. The molecule has 0 N–H and O–H groups in total. The predicted octanol–water partition coefficient (Wildman–Crippen LogP) is 2.74. The minimum atomic E-state index is 0.691. The zero-order valence-electron chi connectivity index (χ0n) is 16.2. The van der Waals surface area contributed by atoms with Crippen LogP contribution in [0.15, 0.2) is 30.7 Å². The van der Waals surface area contributed by atoms with Crippen LogP contribution in [0.25, 0.3) is 22.4 Å². The molecule has 0 unspecified atom stereocenters. The van der Waals surface area contributed by atoms with Gasteiger partial charge in [0.15, 0.2) is 11.5 Å². The van der Waals surface area contributed by atoms with Crippen LogP contribution >= 0.6 is 0 Å². The maximum Gasteiger partial charge on any atom is 0.165 e. The van der Waals surface area contributed by atoms with E-state index in [1.54, 1.807) is 12.4 Å². The normalized spacial score (nSPS) is 15.8. The van der Waals surface area contributed by atoms with E-state index >= 15 is 0 Å². The van der Waals surface area contributed by atoms with Crippen LogP contribution in [0, 0.1) is 0 Å². The van der Waals surface area contributed by atoms with Crippen molar-refractivity contribution in [3.63, 3.8) is 0 Å². The lowest BCUT2D eigenvalue weighted by Gasteiger charge is -2.25. The Kier molecular flexibility index (Phi) is 5.29. The van der Waals surface area contributed by atoms with Crippen LogP contribution < -0.4 is 4.90 Å². The molecule has 0 spiro atoms. The van der Waals surface area contributed by atoms with E-state index < -0.39 is 0 Å². The maximum atomic E-state index is 4.87. The van der Waals surface area contributed by atoms with Gasteiger partial charge in [0.05, 0.1) is 11.6 Å². The Morgan fingerprint density at radius 2 is 1.89 bits per heavy atom. The Morgan fingerprint density at radius 1 is 1.07 bits per heavy atom. The van der Waals surface area contributed by atoms with Gasteiger partial charge in [-0.3, -0.25) is 9.67 Å². The fourth-order valence-corrected chi connectivity index (χ4v) is 3.68. The molecular weight excluding hydrogens is 338 g/mol. The minimum absolute atomic E-state index is 0.691. The number of anilines is 1. The Bertz CT molecular complexity index is 882.